The summed E-state index contributed by atoms with van der Waals surface area (Å²) in [6, 6.07) is 6.04. The number of carbonyl (C=O) groups excluding carboxylic acids is 1. The molecular weight excluding hydrogens is 312 g/mol. The highest BCUT2D eigenvalue weighted by Crippen LogP contribution is 2.29. The van der Waals surface area contributed by atoms with Gasteiger partial charge >= 0.3 is 0 Å². The minimum Gasteiger partial charge on any atom is -0.301 e. The van der Waals surface area contributed by atoms with E-state index < -0.39 is 0 Å². The molecule has 0 fully saturated rings. The number of fused-ring (bicyclic) bond motifs is 1. The molecule has 1 aliphatic carbocycles. The first-order valence-electron chi connectivity index (χ1n) is 8.31. The van der Waals surface area contributed by atoms with E-state index in [9.17, 15) is 4.79 Å². The molecule has 1 unspecified atom stereocenters. The van der Waals surface area contributed by atoms with E-state index in [1.54, 1.807) is 24.8 Å². The van der Waals surface area contributed by atoms with Gasteiger partial charge < -0.3 is 4.57 Å². The number of ketones is 1. The third-order valence-corrected chi connectivity index (χ3v) is 4.51. The van der Waals surface area contributed by atoms with Crippen molar-refractivity contribution >= 4 is 22.5 Å². The summed E-state index contributed by atoms with van der Waals surface area (Å²) in [6.07, 6.45) is 13.9. The van der Waals surface area contributed by atoms with Crippen molar-refractivity contribution in [3.05, 3.63) is 72.6 Å². The van der Waals surface area contributed by atoms with Crippen molar-refractivity contribution in [2.75, 3.05) is 0 Å². The molecule has 0 N–H and O–H groups in total. The van der Waals surface area contributed by atoms with Crippen LogP contribution in [0.25, 0.3) is 16.7 Å². The summed E-state index contributed by atoms with van der Waals surface area (Å²) in [5.74, 6) is 0.0613. The van der Waals surface area contributed by atoms with Crippen LogP contribution in [0.3, 0.4) is 0 Å². The lowest BCUT2D eigenvalue weighted by atomic mass is 9.89. The molecule has 0 radical (unpaired) electrons. The van der Waals surface area contributed by atoms with Gasteiger partial charge in [0.15, 0.2) is 0 Å². The van der Waals surface area contributed by atoms with Gasteiger partial charge in [-0.05, 0) is 37.1 Å². The van der Waals surface area contributed by atoms with Gasteiger partial charge in [-0.2, -0.15) is 0 Å². The standard InChI is InChI=1S/C20H18N4O/c1-14-11-16(19(25)12-17-13-21-8-9-22-17)4-5-18(14)24-10-6-15-3-2-7-23-20(15)24/h2-3,5-11,13,16H,4,12H2,1H3. The molecule has 0 aromatic carbocycles. The van der Waals surface area contributed by atoms with Crippen LogP contribution in [0, 0.1) is 5.92 Å². The number of nitrogens with zero attached hydrogens (tertiary/aromatic N) is 4. The lowest BCUT2D eigenvalue weighted by molar-refractivity contribution is -0.120. The number of aromatic nitrogens is 4. The fourth-order valence-corrected chi connectivity index (χ4v) is 3.26. The molecule has 0 saturated carbocycles. The van der Waals surface area contributed by atoms with E-state index in [1.807, 2.05) is 19.2 Å². The molecule has 1 atom stereocenters. The van der Waals surface area contributed by atoms with Crippen molar-refractivity contribution in [1.29, 1.82) is 0 Å². The smallest absolute Gasteiger partial charge is 0.146 e. The molecule has 4 rings (SSSR count). The number of rotatable bonds is 4. The lowest BCUT2D eigenvalue weighted by Gasteiger charge is -2.20. The Morgan fingerprint density at radius 1 is 1.24 bits per heavy atom. The third-order valence-electron chi connectivity index (χ3n) is 4.51. The van der Waals surface area contributed by atoms with Crippen LogP contribution >= 0.6 is 0 Å². The largest absolute Gasteiger partial charge is 0.301 e. The van der Waals surface area contributed by atoms with Crippen molar-refractivity contribution in [1.82, 2.24) is 19.5 Å². The summed E-state index contributed by atoms with van der Waals surface area (Å²) >= 11 is 0. The summed E-state index contributed by atoms with van der Waals surface area (Å²) in [6.45, 7) is 2.04. The second-order valence-electron chi connectivity index (χ2n) is 6.22. The summed E-state index contributed by atoms with van der Waals surface area (Å²) in [4.78, 5) is 25.2. The predicted molar refractivity (Wildman–Crippen MR) is 96.6 cm³/mol. The number of Topliss-reactive ketones (excluding diaryl/α,β-unsaturated/α-hetero) is 1. The van der Waals surface area contributed by atoms with Crippen molar-refractivity contribution < 1.29 is 4.79 Å². The second kappa shape index (κ2) is 6.43. The molecular formula is C20H18N4O. The van der Waals surface area contributed by atoms with Gasteiger partial charge in [-0.3, -0.25) is 14.8 Å². The summed E-state index contributed by atoms with van der Waals surface area (Å²) in [5, 5.41) is 1.11. The van der Waals surface area contributed by atoms with Gasteiger partial charge in [-0.25, -0.2) is 4.98 Å². The maximum absolute atomic E-state index is 12.6. The first kappa shape index (κ1) is 15.4. The zero-order valence-corrected chi connectivity index (χ0v) is 14.0. The summed E-state index contributed by atoms with van der Waals surface area (Å²) < 4.78 is 2.09. The average molecular weight is 330 g/mol. The van der Waals surface area contributed by atoms with E-state index in [4.69, 9.17) is 0 Å². The Morgan fingerprint density at radius 3 is 2.96 bits per heavy atom. The minimum absolute atomic E-state index is 0.111. The SMILES string of the molecule is CC1=CC(C(=O)Cc2cnccn2)CC=C1n1ccc2cccnc21. The van der Waals surface area contributed by atoms with E-state index in [0.29, 0.717) is 18.5 Å². The van der Waals surface area contributed by atoms with Gasteiger partial charge in [-0.1, -0.05) is 12.2 Å². The van der Waals surface area contributed by atoms with Crippen molar-refractivity contribution in [3.8, 4) is 0 Å². The topological polar surface area (TPSA) is 60.7 Å². The Balaban J connectivity index is 1.55. The first-order valence-corrected chi connectivity index (χ1v) is 8.31. The molecule has 0 bridgehead atoms. The summed E-state index contributed by atoms with van der Waals surface area (Å²) in [7, 11) is 0. The first-order chi connectivity index (χ1) is 12.2. The Labute approximate surface area is 145 Å². The fourth-order valence-electron chi connectivity index (χ4n) is 3.26. The van der Waals surface area contributed by atoms with Crippen LogP contribution in [0.5, 0.6) is 0 Å². The molecule has 0 aliphatic heterocycles. The molecule has 5 heteroatoms. The van der Waals surface area contributed by atoms with Gasteiger partial charge in [-0.15, -0.1) is 0 Å². The van der Waals surface area contributed by atoms with Gasteiger partial charge in [0, 0.05) is 48.0 Å². The molecule has 124 valence electrons. The summed E-state index contributed by atoms with van der Waals surface area (Å²) in [5.41, 5.74) is 3.84. The molecule has 25 heavy (non-hydrogen) atoms. The maximum Gasteiger partial charge on any atom is 0.146 e. The van der Waals surface area contributed by atoms with E-state index in [1.165, 1.54) is 0 Å². The highest BCUT2D eigenvalue weighted by molar-refractivity contribution is 5.88. The monoisotopic (exact) mass is 330 g/mol. The molecule has 0 saturated heterocycles. The lowest BCUT2D eigenvalue weighted by Crippen LogP contribution is -2.18. The van der Waals surface area contributed by atoms with E-state index >= 15 is 0 Å². The normalized spacial score (nSPS) is 17.2. The molecule has 0 spiro atoms. The number of carbonyl (C=O) groups is 1. The van der Waals surface area contributed by atoms with Crippen LogP contribution in [-0.4, -0.2) is 25.3 Å². The molecule has 5 nitrogen and oxygen atoms in total. The fraction of sp³-hybridized carbons (Fsp3) is 0.200. The Hall–Kier alpha value is -3.08. The quantitative estimate of drug-likeness (QED) is 0.735. The van der Waals surface area contributed by atoms with Crippen LogP contribution < -0.4 is 0 Å². The minimum atomic E-state index is -0.111. The van der Waals surface area contributed by atoms with Crippen molar-refractivity contribution in [3.63, 3.8) is 0 Å². The predicted octanol–water partition coefficient (Wildman–Crippen LogP) is 3.45. The van der Waals surface area contributed by atoms with Crippen molar-refractivity contribution in [2.45, 2.75) is 19.8 Å². The van der Waals surface area contributed by atoms with Crippen LogP contribution in [0.2, 0.25) is 0 Å². The van der Waals surface area contributed by atoms with Crippen LogP contribution in [0.1, 0.15) is 19.0 Å². The molecule has 1 aliphatic rings. The van der Waals surface area contributed by atoms with E-state index in [-0.39, 0.29) is 11.7 Å². The van der Waals surface area contributed by atoms with Crippen molar-refractivity contribution in [2.24, 2.45) is 5.92 Å². The van der Waals surface area contributed by atoms with Crippen LogP contribution in [0.15, 0.2) is 66.9 Å². The molecule has 0 amide bonds. The average Bonchev–Trinajstić information content (AvgIpc) is 3.06. The zero-order valence-electron chi connectivity index (χ0n) is 14.0. The molecule has 3 aromatic heterocycles. The van der Waals surface area contributed by atoms with E-state index in [0.717, 1.165) is 22.3 Å². The number of pyridine rings is 1. The highest BCUT2D eigenvalue weighted by atomic mass is 16.1. The number of hydrogen-bond donors (Lipinski definition) is 0. The Bertz CT molecular complexity index is 985. The van der Waals surface area contributed by atoms with Gasteiger partial charge in [0.2, 0.25) is 0 Å². The van der Waals surface area contributed by atoms with Crippen LogP contribution in [-0.2, 0) is 11.2 Å². The molecule has 3 heterocycles. The van der Waals surface area contributed by atoms with Gasteiger partial charge in [0.05, 0.1) is 12.1 Å². The Kier molecular flexibility index (Phi) is 3.98. The third kappa shape index (κ3) is 3.01. The second-order valence-corrected chi connectivity index (χ2v) is 6.22. The maximum atomic E-state index is 12.6. The Morgan fingerprint density at radius 2 is 2.16 bits per heavy atom. The zero-order chi connectivity index (χ0) is 17.2. The molecule has 3 aromatic rings. The van der Waals surface area contributed by atoms with Crippen LogP contribution in [0.4, 0.5) is 0 Å². The van der Waals surface area contributed by atoms with Gasteiger partial charge in [0.1, 0.15) is 11.4 Å². The number of allylic oxidation sites excluding steroid dienone is 4. The van der Waals surface area contributed by atoms with Gasteiger partial charge in [0.25, 0.3) is 0 Å². The number of hydrogen-bond acceptors (Lipinski definition) is 4. The van der Waals surface area contributed by atoms with E-state index in [2.05, 4.69) is 43.8 Å². The highest BCUT2D eigenvalue weighted by Gasteiger charge is 2.21.